The zero-order valence-corrected chi connectivity index (χ0v) is 21.3. The van der Waals surface area contributed by atoms with Gasteiger partial charge in [-0.05, 0) is 41.0 Å². The van der Waals surface area contributed by atoms with Crippen LogP contribution in [0.15, 0.2) is 115 Å². The van der Waals surface area contributed by atoms with Gasteiger partial charge in [0.25, 0.3) is 5.91 Å². The highest BCUT2D eigenvalue weighted by Crippen LogP contribution is 2.39. The summed E-state index contributed by atoms with van der Waals surface area (Å²) in [7, 11) is 1.90. The van der Waals surface area contributed by atoms with Crippen molar-refractivity contribution in [2.24, 2.45) is 0 Å². The first-order chi connectivity index (χ1) is 19.1. The third-order valence-corrected chi connectivity index (χ3v) is 6.89. The summed E-state index contributed by atoms with van der Waals surface area (Å²) in [6.45, 7) is 0.251. The normalized spacial score (nSPS) is 12.6. The van der Waals surface area contributed by atoms with Gasteiger partial charge in [0, 0.05) is 7.05 Å². The van der Waals surface area contributed by atoms with Crippen LogP contribution in [0.25, 0.3) is 0 Å². The van der Waals surface area contributed by atoms with Crippen LogP contribution in [0.3, 0.4) is 0 Å². The van der Waals surface area contributed by atoms with E-state index in [-0.39, 0.29) is 24.3 Å². The van der Waals surface area contributed by atoms with Gasteiger partial charge < -0.3 is 10.2 Å². The molecule has 0 fully saturated rings. The van der Waals surface area contributed by atoms with Gasteiger partial charge in [0.1, 0.15) is 11.5 Å². The Hall–Kier alpha value is -5.04. The highest BCUT2D eigenvalue weighted by molar-refractivity contribution is 6.13. The van der Waals surface area contributed by atoms with Gasteiger partial charge in [-0.15, -0.1) is 0 Å². The minimum atomic E-state index is -0.322. The Morgan fingerprint density at radius 3 is 2.08 bits per heavy atom. The lowest BCUT2D eigenvalue weighted by Crippen LogP contribution is -2.30. The zero-order valence-electron chi connectivity index (χ0n) is 21.3. The van der Waals surface area contributed by atoms with Crippen LogP contribution in [-0.4, -0.2) is 22.9 Å². The Kier molecular flexibility index (Phi) is 6.47. The third-order valence-electron chi connectivity index (χ3n) is 6.89. The van der Waals surface area contributed by atoms with Gasteiger partial charge in [0.2, 0.25) is 5.95 Å². The average Bonchev–Trinajstić information content (AvgIpc) is 3.07. The molecule has 7 heteroatoms. The van der Waals surface area contributed by atoms with Gasteiger partial charge in [-0.3, -0.25) is 9.69 Å². The minimum absolute atomic E-state index is 0.170. The van der Waals surface area contributed by atoms with Crippen LogP contribution in [0, 0.1) is 5.82 Å². The van der Waals surface area contributed by atoms with Crippen molar-refractivity contribution in [1.29, 1.82) is 0 Å². The lowest BCUT2D eigenvalue weighted by atomic mass is 9.99. The van der Waals surface area contributed by atoms with Crippen molar-refractivity contribution >= 4 is 29.0 Å². The molecule has 0 saturated heterocycles. The van der Waals surface area contributed by atoms with E-state index < -0.39 is 0 Å². The number of hydrogen-bond donors (Lipinski definition) is 1. The maximum atomic E-state index is 13.8. The van der Waals surface area contributed by atoms with Crippen molar-refractivity contribution in [2.45, 2.75) is 12.6 Å². The molecule has 4 aromatic carbocycles. The van der Waals surface area contributed by atoms with Gasteiger partial charge in [-0.1, -0.05) is 84.9 Å². The molecule has 6 nitrogen and oxygen atoms in total. The number of para-hydroxylation sites is 1. The van der Waals surface area contributed by atoms with E-state index in [0.717, 1.165) is 22.4 Å². The molecule has 1 aliphatic heterocycles. The number of nitrogens with zero attached hydrogens (tertiary/aromatic N) is 4. The molecule has 0 bridgehead atoms. The molecule has 1 aliphatic rings. The van der Waals surface area contributed by atoms with Crippen LogP contribution in [-0.2, 0) is 6.54 Å². The van der Waals surface area contributed by atoms with Crippen LogP contribution in [0.4, 0.5) is 27.5 Å². The van der Waals surface area contributed by atoms with Crippen LogP contribution >= 0.6 is 0 Å². The maximum absolute atomic E-state index is 13.8. The predicted molar refractivity (Wildman–Crippen MR) is 152 cm³/mol. The number of aromatic nitrogens is 2. The molecule has 0 radical (unpaired) electrons. The topological polar surface area (TPSA) is 61.4 Å². The number of rotatable bonds is 6. The molecule has 1 N–H and O–H groups in total. The molecule has 2 heterocycles. The van der Waals surface area contributed by atoms with E-state index >= 15 is 0 Å². The summed E-state index contributed by atoms with van der Waals surface area (Å²) in [6, 6.07) is 33.7. The van der Waals surface area contributed by atoms with E-state index in [1.165, 1.54) is 12.1 Å². The predicted octanol–water partition coefficient (Wildman–Crippen LogP) is 6.75. The molecule has 1 aromatic heterocycles. The fourth-order valence-electron chi connectivity index (χ4n) is 4.90. The first-order valence-electron chi connectivity index (χ1n) is 12.7. The van der Waals surface area contributed by atoms with Gasteiger partial charge >= 0.3 is 0 Å². The van der Waals surface area contributed by atoms with Crippen LogP contribution in [0.1, 0.15) is 33.1 Å². The number of hydrogen-bond acceptors (Lipinski definition) is 5. The third kappa shape index (κ3) is 4.82. The molecule has 39 heavy (non-hydrogen) atoms. The van der Waals surface area contributed by atoms with Crippen molar-refractivity contribution in [2.75, 3.05) is 22.2 Å². The highest BCUT2D eigenvalue weighted by atomic mass is 19.1. The number of fused-ring (bicyclic) bond motifs is 2. The van der Waals surface area contributed by atoms with Gasteiger partial charge in [0.05, 0.1) is 30.0 Å². The fourth-order valence-corrected chi connectivity index (χ4v) is 4.90. The first kappa shape index (κ1) is 24.3. The van der Waals surface area contributed by atoms with Crippen molar-refractivity contribution < 1.29 is 9.18 Å². The number of anilines is 4. The van der Waals surface area contributed by atoms with E-state index in [1.54, 1.807) is 23.2 Å². The van der Waals surface area contributed by atoms with E-state index in [4.69, 9.17) is 4.98 Å². The Morgan fingerprint density at radius 2 is 1.41 bits per heavy atom. The first-order valence-corrected chi connectivity index (χ1v) is 12.7. The van der Waals surface area contributed by atoms with Crippen molar-refractivity contribution in [3.05, 3.63) is 143 Å². The molecule has 6 rings (SSSR count). The minimum Gasteiger partial charge on any atom is -0.343 e. The molecular formula is C32H26FN5O. The second-order valence-electron chi connectivity index (χ2n) is 9.40. The Morgan fingerprint density at radius 1 is 0.795 bits per heavy atom. The van der Waals surface area contributed by atoms with E-state index in [0.29, 0.717) is 23.0 Å². The number of carbonyl (C=O) groups excluding carboxylic acids is 1. The van der Waals surface area contributed by atoms with Crippen LogP contribution in [0.2, 0.25) is 0 Å². The summed E-state index contributed by atoms with van der Waals surface area (Å²) in [4.78, 5) is 27.0. The van der Waals surface area contributed by atoms with Crippen LogP contribution < -0.4 is 15.1 Å². The summed E-state index contributed by atoms with van der Waals surface area (Å²) < 4.78 is 13.6. The van der Waals surface area contributed by atoms with Gasteiger partial charge in [-0.25, -0.2) is 9.37 Å². The Bertz CT molecular complexity index is 1570. The monoisotopic (exact) mass is 515 g/mol. The standard InChI is InChI=1S/C32H26FN5O/c1-37-27-15-9-8-14-26(27)31(39)38(21-22-16-18-25(33)19-17-22)28-20-34-32(36-30(28)37)35-29(23-10-4-2-5-11-23)24-12-6-3-7-13-24/h2-20,29H,21H2,1H3,(H,34,35,36). The largest absolute Gasteiger partial charge is 0.343 e. The second-order valence-corrected chi connectivity index (χ2v) is 9.40. The second kappa shape index (κ2) is 10.4. The van der Waals surface area contributed by atoms with Gasteiger partial charge in [0.15, 0.2) is 5.82 Å². The summed E-state index contributed by atoms with van der Waals surface area (Å²) in [5.41, 5.74) is 4.83. The van der Waals surface area contributed by atoms with E-state index in [9.17, 15) is 9.18 Å². The fraction of sp³-hybridized carbons (Fsp3) is 0.0938. The van der Waals surface area contributed by atoms with Crippen molar-refractivity contribution in [1.82, 2.24) is 9.97 Å². The Balaban J connectivity index is 1.43. The SMILES string of the molecule is CN1c2ccccc2C(=O)N(Cc2ccc(F)cc2)c2cnc(NC(c3ccccc3)c3ccccc3)nc21. The average molecular weight is 516 g/mol. The van der Waals surface area contributed by atoms with Gasteiger partial charge in [-0.2, -0.15) is 4.98 Å². The number of nitrogens with one attached hydrogen (secondary N) is 1. The summed E-state index contributed by atoms with van der Waals surface area (Å²) in [5, 5.41) is 3.51. The molecular weight excluding hydrogens is 489 g/mol. The molecule has 0 unspecified atom stereocenters. The summed E-state index contributed by atoms with van der Waals surface area (Å²) in [6.07, 6.45) is 1.68. The molecule has 5 aromatic rings. The van der Waals surface area contributed by atoms with Crippen LogP contribution in [0.5, 0.6) is 0 Å². The molecule has 0 spiro atoms. The number of halogens is 1. The molecule has 1 amide bonds. The summed E-state index contributed by atoms with van der Waals surface area (Å²) in [5.74, 6) is 0.535. The Labute approximate surface area is 226 Å². The number of amides is 1. The molecule has 0 atom stereocenters. The molecule has 192 valence electrons. The quantitative estimate of drug-likeness (QED) is 0.271. The van der Waals surface area contributed by atoms with Crippen molar-refractivity contribution in [3.8, 4) is 0 Å². The molecule has 0 saturated carbocycles. The van der Waals surface area contributed by atoms with Crippen molar-refractivity contribution in [3.63, 3.8) is 0 Å². The zero-order chi connectivity index (χ0) is 26.8. The van der Waals surface area contributed by atoms with E-state index in [1.807, 2.05) is 72.6 Å². The lowest BCUT2D eigenvalue weighted by Gasteiger charge is -2.25. The smallest absolute Gasteiger partial charge is 0.260 e. The lowest BCUT2D eigenvalue weighted by molar-refractivity contribution is 0.0986. The maximum Gasteiger partial charge on any atom is 0.260 e. The molecule has 0 aliphatic carbocycles. The van der Waals surface area contributed by atoms with E-state index in [2.05, 4.69) is 34.6 Å². The number of benzene rings is 4. The number of carbonyl (C=O) groups is 1. The highest BCUT2D eigenvalue weighted by Gasteiger charge is 2.31. The summed E-state index contributed by atoms with van der Waals surface area (Å²) >= 11 is 0.